The Hall–Kier alpha value is 1.50. The number of hydrogen-bond donors (Lipinski definition) is 1. The predicted octanol–water partition coefficient (Wildman–Crippen LogP) is 5.85. The molecule has 230 valence electrons. The molecule has 3 heterocycles. The highest BCUT2D eigenvalue weighted by Gasteiger charge is 2.80. The zero-order valence-corrected chi connectivity index (χ0v) is 36.6. The van der Waals surface area contributed by atoms with E-state index in [0.717, 1.165) is 0 Å². The van der Waals surface area contributed by atoms with Gasteiger partial charge in [-0.15, -0.1) is 0 Å². The van der Waals surface area contributed by atoms with Crippen molar-refractivity contribution in [3.63, 3.8) is 0 Å². The lowest BCUT2D eigenvalue weighted by atomic mass is 9.97. The highest BCUT2D eigenvalue weighted by atomic mass is 30.2. The zero-order chi connectivity index (χ0) is 30.7. The van der Waals surface area contributed by atoms with E-state index in [4.69, 9.17) is 23.1 Å². The van der Waals surface area contributed by atoms with Crippen molar-refractivity contribution in [3.05, 3.63) is 0 Å². The highest BCUT2D eigenvalue weighted by molar-refractivity contribution is 8.09. The smallest absolute Gasteiger partial charge is 0.224 e. The van der Waals surface area contributed by atoms with Crippen molar-refractivity contribution in [1.29, 1.82) is 0 Å². The Labute approximate surface area is 247 Å². The molecule has 0 aliphatic carbocycles. The Balaban J connectivity index is 2.46. The summed E-state index contributed by atoms with van der Waals surface area (Å²) in [6, 6.07) is 0. The first-order valence-electron chi connectivity index (χ1n) is 15.0. The van der Waals surface area contributed by atoms with Crippen molar-refractivity contribution in [2.75, 3.05) is 13.2 Å². The molecule has 1 spiro atoms. The molecule has 0 unspecified atom stereocenters. The maximum Gasteiger partial charge on any atom is 0.224 e. The summed E-state index contributed by atoms with van der Waals surface area (Å²) in [6.07, 6.45) is -1.63. The first-order chi connectivity index (χ1) is 17.0. The SMILES string of the molecule is CC1(C)OC[C@]2(OC[C@H]3O[Si]([Si](C)(C)C)([Si](C)(C)C)[Si](C)(C)[Si](C)(C)[Si]([Si](C)(C)C)([Si](C)(C)C)O[C@H]3[C@@H]2O)O1. The number of aliphatic hydroxyl groups is 1. The normalized spacial score (nSPS) is 36.2. The fourth-order valence-corrected chi connectivity index (χ4v) is 300. The van der Waals surface area contributed by atoms with Crippen LogP contribution in [0.15, 0.2) is 0 Å². The van der Waals surface area contributed by atoms with Crippen LogP contribution >= 0.6 is 0 Å². The molecule has 0 aromatic rings. The van der Waals surface area contributed by atoms with Gasteiger partial charge in [-0.05, 0) is 13.8 Å². The molecule has 3 fully saturated rings. The molecule has 3 aliphatic heterocycles. The third-order valence-electron chi connectivity index (χ3n) is 10.8. The molecule has 0 aromatic carbocycles. The summed E-state index contributed by atoms with van der Waals surface area (Å²) in [6.45, 7) is 42.3. The zero-order valence-electron chi connectivity index (χ0n) is 28.6. The number of fused-ring (bicyclic) bond motifs is 1. The summed E-state index contributed by atoms with van der Waals surface area (Å²) in [5.41, 5.74) is 0. The monoisotopic (exact) mass is 682 g/mol. The third-order valence-corrected chi connectivity index (χ3v) is 180. The van der Waals surface area contributed by atoms with Gasteiger partial charge in [-0.2, -0.15) is 0 Å². The van der Waals surface area contributed by atoms with Crippen LogP contribution in [0.1, 0.15) is 13.8 Å². The Kier molecular flexibility index (Phi) is 8.74. The number of aliphatic hydroxyl groups excluding tert-OH is 1. The van der Waals surface area contributed by atoms with E-state index in [1.807, 2.05) is 13.8 Å². The molecule has 0 saturated carbocycles. The van der Waals surface area contributed by atoms with Gasteiger partial charge in [-0.3, -0.25) is 0 Å². The van der Waals surface area contributed by atoms with E-state index in [9.17, 15) is 5.11 Å². The molecule has 3 rings (SSSR count). The van der Waals surface area contributed by atoms with Gasteiger partial charge < -0.3 is 28.2 Å². The van der Waals surface area contributed by atoms with Crippen molar-refractivity contribution in [3.8, 4) is 0 Å². The lowest BCUT2D eigenvalue weighted by Gasteiger charge is -2.71. The second kappa shape index (κ2) is 9.75. The van der Waals surface area contributed by atoms with Crippen LogP contribution in [0.25, 0.3) is 0 Å². The fourth-order valence-electron chi connectivity index (χ4n) is 10.4. The molecular formula is C25H62O6Si8. The summed E-state index contributed by atoms with van der Waals surface area (Å²) in [5, 5.41) is 12.3. The van der Waals surface area contributed by atoms with E-state index in [1.54, 1.807) is 0 Å². The van der Waals surface area contributed by atoms with Gasteiger partial charge in [0.1, 0.15) is 18.8 Å². The van der Waals surface area contributed by atoms with E-state index in [0.29, 0.717) is 6.61 Å². The lowest BCUT2D eigenvalue weighted by molar-refractivity contribution is -0.333. The standard InChI is InChI=1S/C25H62O6Si8/c1-24(2)28-20-25(31-24)23(26)22-21(19-27-25)29-38(32(3,4)5,33(6,7)8)36(15,16)37(17,18)39(30-22,34(9,10)11)35(12,13)14/h21-23,26H,19-20H2,1-18H3/t21-,22-,23+,25+/m1/s1. The second-order valence-corrected chi connectivity index (χ2v) is 104. The van der Waals surface area contributed by atoms with Gasteiger partial charge in [0.2, 0.25) is 5.79 Å². The quantitative estimate of drug-likeness (QED) is 0.376. The Morgan fingerprint density at radius 2 is 1.03 bits per heavy atom. The van der Waals surface area contributed by atoms with E-state index < -0.39 is 82.1 Å². The second-order valence-electron chi connectivity index (χ2n) is 18.2. The van der Waals surface area contributed by atoms with Gasteiger partial charge in [-0.25, -0.2) is 0 Å². The number of ether oxygens (including phenoxy) is 3. The molecule has 4 atom stereocenters. The average Bonchev–Trinajstić information content (AvgIpc) is 2.98. The van der Waals surface area contributed by atoms with E-state index in [2.05, 4.69) is 105 Å². The Morgan fingerprint density at radius 3 is 1.36 bits per heavy atom. The molecule has 0 aromatic heterocycles. The van der Waals surface area contributed by atoms with E-state index in [1.165, 1.54) is 0 Å². The van der Waals surface area contributed by atoms with Crippen molar-refractivity contribution in [1.82, 2.24) is 0 Å². The number of rotatable bonds is 4. The summed E-state index contributed by atoms with van der Waals surface area (Å²) in [4.78, 5) is 0. The molecule has 1 N–H and O–H groups in total. The molecule has 3 aliphatic rings. The van der Waals surface area contributed by atoms with Crippen molar-refractivity contribution >= 4 is 58.3 Å². The maximum absolute atomic E-state index is 12.3. The molecular weight excluding hydrogens is 621 g/mol. The molecule has 14 heteroatoms. The minimum absolute atomic E-state index is 0.216. The minimum Gasteiger partial charge on any atom is -0.418 e. The fraction of sp³-hybridized carbons (Fsp3) is 1.00. The van der Waals surface area contributed by atoms with Gasteiger partial charge in [0.25, 0.3) is 0 Å². The van der Waals surface area contributed by atoms with Crippen molar-refractivity contribution in [2.24, 2.45) is 0 Å². The first-order valence-corrected chi connectivity index (χ1v) is 45.8. The van der Waals surface area contributed by atoms with E-state index in [-0.39, 0.29) is 12.7 Å². The Morgan fingerprint density at radius 1 is 0.641 bits per heavy atom. The average molecular weight is 683 g/mol. The van der Waals surface area contributed by atoms with Gasteiger partial charge in [0.05, 0.1) is 57.3 Å². The number of hydrogen-bond acceptors (Lipinski definition) is 6. The van der Waals surface area contributed by atoms with Crippen LogP contribution < -0.4 is 0 Å². The van der Waals surface area contributed by atoms with Crippen LogP contribution in [-0.4, -0.2) is 107 Å². The van der Waals surface area contributed by atoms with Crippen LogP contribution in [0.3, 0.4) is 0 Å². The van der Waals surface area contributed by atoms with Crippen LogP contribution in [0.5, 0.6) is 0 Å². The summed E-state index contributed by atoms with van der Waals surface area (Å²) in [5.74, 6) is -2.01. The van der Waals surface area contributed by atoms with Crippen molar-refractivity contribution < 1.29 is 28.2 Å². The topological polar surface area (TPSA) is 66.4 Å². The first kappa shape index (κ1) is 35.0. The molecule has 39 heavy (non-hydrogen) atoms. The highest BCUT2D eigenvalue weighted by Crippen LogP contribution is 2.53. The molecule has 0 bridgehead atoms. The lowest BCUT2D eigenvalue weighted by Crippen LogP contribution is -3.01. The van der Waals surface area contributed by atoms with E-state index >= 15 is 0 Å². The summed E-state index contributed by atoms with van der Waals surface area (Å²) < 4.78 is 34.8. The van der Waals surface area contributed by atoms with Gasteiger partial charge in [-0.1, -0.05) is 105 Å². The predicted molar refractivity (Wildman–Crippen MR) is 185 cm³/mol. The molecule has 0 amide bonds. The van der Waals surface area contributed by atoms with Crippen LogP contribution in [0.2, 0.25) is 105 Å². The van der Waals surface area contributed by atoms with Crippen LogP contribution in [0, 0.1) is 0 Å². The molecule has 0 radical (unpaired) electrons. The largest absolute Gasteiger partial charge is 0.418 e. The van der Waals surface area contributed by atoms with Gasteiger partial charge >= 0.3 is 0 Å². The minimum atomic E-state index is -2.37. The van der Waals surface area contributed by atoms with Gasteiger partial charge in [0.15, 0.2) is 19.5 Å². The van der Waals surface area contributed by atoms with Gasteiger partial charge in [0, 0.05) is 0 Å². The van der Waals surface area contributed by atoms with Crippen molar-refractivity contribution in [2.45, 2.75) is 148 Å². The molecule has 3 saturated heterocycles. The molecule has 6 nitrogen and oxygen atoms in total. The maximum atomic E-state index is 12.3. The Bertz CT molecular complexity index is 918. The summed E-state index contributed by atoms with van der Waals surface area (Å²) >= 11 is 0. The third kappa shape index (κ3) is 4.81. The summed E-state index contributed by atoms with van der Waals surface area (Å²) in [7, 11) is -11.3. The van der Waals surface area contributed by atoms with Crippen LogP contribution in [-0.2, 0) is 23.1 Å². The van der Waals surface area contributed by atoms with Crippen LogP contribution in [0.4, 0.5) is 0 Å².